The first kappa shape index (κ1) is 15.1. The van der Waals surface area contributed by atoms with Gasteiger partial charge in [-0.05, 0) is 12.1 Å². The first-order chi connectivity index (χ1) is 9.79. The maximum Gasteiger partial charge on any atom is 0.471 e. The molecule has 1 aliphatic rings. The Hall–Kier alpha value is -2.32. The Morgan fingerprint density at radius 3 is 2.29 bits per heavy atom. The number of piperazine rings is 1. The minimum Gasteiger partial charge on any atom is -0.477 e. The van der Waals surface area contributed by atoms with Crippen molar-refractivity contribution in [1.29, 1.82) is 0 Å². The molecule has 9 heteroatoms. The molecule has 1 aromatic rings. The third kappa shape index (κ3) is 3.41. The number of alkyl halides is 3. The van der Waals surface area contributed by atoms with Crippen LogP contribution in [0.5, 0.6) is 0 Å². The average Bonchev–Trinajstić information content (AvgIpc) is 2.46. The van der Waals surface area contributed by atoms with Gasteiger partial charge in [0, 0.05) is 26.2 Å². The second-order valence-corrected chi connectivity index (χ2v) is 4.46. The van der Waals surface area contributed by atoms with Gasteiger partial charge in [-0.25, -0.2) is 9.78 Å². The molecule has 0 radical (unpaired) electrons. The molecule has 114 valence electrons. The number of carbonyl (C=O) groups is 2. The fraction of sp³-hybridized carbons (Fsp3) is 0.417. The summed E-state index contributed by atoms with van der Waals surface area (Å²) in [5.41, 5.74) is -0.138. The number of amides is 1. The van der Waals surface area contributed by atoms with Crippen LogP contribution in [-0.4, -0.2) is 59.2 Å². The number of halogens is 3. The van der Waals surface area contributed by atoms with Crippen molar-refractivity contribution in [3.05, 3.63) is 23.9 Å². The van der Waals surface area contributed by atoms with Crippen molar-refractivity contribution < 1.29 is 27.9 Å². The largest absolute Gasteiger partial charge is 0.477 e. The molecular formula is C12H12F3N3O3. The van der Waals surface area contributed by atoms with E-state index in [1.165, 1.54) is 12.1 Å². The van der Waals surface area contributed by atoms with Crippen LogP contribution < -0.4 is 4.90 Å². The third-order valence-electron chi connectivity index (χ3n) is 3.09. The van der Waals surface area contributed by atoms with Crippen molar-refractivity contribution in [2.24, 2.45) is 0 Å². The Morgan fingerprint density at radius 2 is 1.76 bits per heavy atom. The van der Waals surface area contributed by atoms with E-state index in [1.54, 1.807) is 11.0 Å². The topological polar surface area (TPSA) is 73.7 Å². The van der Waals surface area contributed by atoms with Gasteiger partial charge in [-0.1, -0.05) is 6.07 Å². The van der Waals surface area contributed by atoms with Crippen molar-refractivity contribution in [2.75, 3.05) is 31.1 Å². The molecule has 1 N–H and O–H groups in total. The smallest absolute Gasteiger partial charge is 0.471 e. The van der Waals surface area contributed by atoms with Crippen LogP contribution in [0.2, 0.25) is 0 Å². The standard InChI is InChI=1S/C12H12F3N3O3/c13-12(14,15)11(21)18-6-4-17(5-7-18)9-3-1-2-8(16-9)10(19)20/h1-3H,4-7H2,(H,19,20). The van der Waals surface area contributed by atoms with Crippen LogP contribution in [0.3, 0.4) is 0 Å². The van der Waals surface area contributed by atoms with Gasteiger partial charge in [0.25, 0.3) is 0 Å². The van der Waals surface area contributed by atoms with Crippen LogP contribution >= 0.6 is 0 Å². The molecule has 0 spiro atoms. The van der Waals surface area contributed by atoms with Crippen molar-refractivity contribution in [2.45, 2.75) is 6.18 Å². The number of pyridine rings is 1. The van der Waals surface area contributed by atoms with Gasteiger partial charge in [-0.3, -0.25) is 4.79 Å². The van der Waals surface area contributed by atoms with Crippen molar-refractivity contribution in [3.8, 4) is 0 Å². The SMILES string of the molecule is O=C(O)c1cccc(N2CCN(C(=O)C(F)(F)F)CC2)n1. The van der Waals surface area contributed by atoms with Gasteiger partial charge in [-0.2, -0.15) is 13.2 Å². The molecule has 6 nitrogen and oxygen atoms in total. The predicted octanol–water partition coefficient (Wildman–Crippen LogP) is 0.991. The van der Waals surface area contributed by atoms with Gasteiger partial charge in [0.1, 0.15) is 5.82 Å². The maximum atomic E-state index is 12.3. The van der Waals surface area contributed by atoms with Crippen LogP contribution in [0.15, 0.2) is 18.2 Å². The summed E-state index contributed by atoms with van der Waals surface area (Å²) in [7, 11) is 0. The summed E-state index contributed by atoms with van der Waals surface area (Å²) in [6.07, 6.45) is -4.87. The summed E-state index contributed by atoms with van der Waals surface area (Å²) in [6.45, 7) is 0.157. The highest BCUT2D eigenvalue weighted by molar-refractivity contribution is 5.85. The molecule has 1 fully saturated rings. The van der Waals surface area contributed by atoms with Gasteiger partial charge < -0.3 is 14.9 Å². The van der Waals surface area contributed by atoms with Crippen molar-refractivity contribution in [3.63, 3.8) is 0 Å². The highest BCUT2D eigenvalue weighted by Gasteiger charge is 2.43. The number of hydrogen-bond acceptors (Lipinski definition) is 4. The van der Waals surface area contributed by atoms with E-state index in [-0.39, 0.29) is 31.9 Å². The molecular weight excluding hydrogens is 291 g/mol. The fourth-order valence-electron chi connectivity index (χ4n) is 2.04. The van der Waals surface area contributed by atoms with E-state index in [0.717, 1.165) is 4.90 Å². The quantitative estimate of drug-likeness (QED) is 0.882. The molecule has 0 saturated carbocycles. The molecule has 21 heavy (non-hydrogen) atoms. The van der Waals surface area contributed by atoms with Gasteiger partial charge in [0.05, 0.1) is 0 Å². The monoisotopic (exact) mass is 303 g/mol. The zero-order chi connectivity index (χ0) is 15.6. The minimum atomic E-state index is -4.87. The average molecular weight is 303 g/mol. The zero-order valence-electron chi connectivity index (χ0n) is 10.8. The fourth-order valence-corrected chi connectivity index (χ4v) is 2.04. The zero-order valence-corrected chi connectivity index (χ0v) is 10.8. The lowest BCUT2D eigenvalue weighted by atomic mass is 10.2. The van der Waals surface area contributed by atoms with E-state index in [1.807, 2.05) is 0 Å². The first-order valence-electron chi connectivity index (χ1n) is 6.10. The highest BCUT2D eigenvalue weighted by Crippen LogP contribution is 2.21. The molecule has 1 aliphatic heterocycles. The van der Waals surface area contributed by atoms with Crippen LogP contribution in [0.1, 0.15) is 10.5 Å². The van der Waals surface area contributed by atoms with Crippen LogP contribution in [0.4, 0.5) is 19.0 Å². The van der Waals surface area contributed by atoms with Gasteiger partial charge in [0.15, 0.2) is 5.69 Å². The minimum absolute atomic E-state index is 0.0860. The second kappa shape index (κ2) is 5.58. The highest BCUT2D eigenvalue weighted by atomic mass is 19.4. The normalized spacial score (nSPS) is 16.0. The predicted molar refractivity (Wildman–Crippen MR) is 66.0 cm³/mol. The van der Waals surface area contributed by atoms with E-state index in [4.69, 9.17) is 5.11 Å². The molecule has 2 heterocycles. The lowest BCUT2D eigenvalue weighted by Crippen LogP contribution is -2.52. The molecule has 2 rings (SSSR count). The van der Waals surface area contributed by atoms with E-state index >= 15 is 0 Å². The summed E-state index contributed by atoms with van der Waals surface area (Å²) in [6, 6.07) is 4.42. The number of carboxylic acids is 1. The molecule has 0 aliphatic carbocycles. The first-order valence-corrected chi connectivity index (χ1v) is 6.10. The van der Waals surface area contributed by atoms with E-state index in [2.05, 4.69) is 4.98 Å². The lowest BCUT2D eigenvalue weighted by molar-refractivity contribution is -0.185. The Bertz CT molecular complexity index is 554. The number of hydrogen-bond donors (Lipinski definition) is 1. The lowest BCUT2D eigenvalue weighted by Gasteiger charge is -2.35. The molecule has 0 atom stereocenters. The van der Waals surface area contributed by atoms with Crippen LogP contribution in [0, 0.1) is 0 Å². The Balaban J connectivity index is 2.03. The van der Waals surface area contributed by atoms with Gasteiger partial charge >= 0.3 is 18.1 Å². The number of carbonyl (C=O) groups excluding carboxylic acids is 1. The number of carboxylic acid groups (broad SMARTS) is 1. The summed E-state index contributed by atoms with van der Waals surface area (Å²) < 4.78 is 36.9. The Kier molecular flexibility index (Phi) is 4.01. The van der Waals surface area contributed by atoms with E-state index < -0.39 is 18.1 Å². The number of nitrogens with zero attached hydrogens (tertiary/aromatic N) is 3. The van der Waals surface area contributed by atoms with Gasteiger partial charge in [-0.15, -0.1) is 0 Å². The van der Waals surface area contributed by atoms with Crippen LogP contribution in [-0.2, 0) is 4.79 Å². The maximum absolute atomic E-state index is 12.3. The van der Waals surface area contributed by atoms with Gasteiger partial charge in [0.2, 0.25) is 0 Å². The molecule has 0 unspecified atom stereocenters. The van der Waals surface area contributed by atoms with E-state index in [0.29, 0.717) is 5.82 Å². The number of aromatic carboxylic acids is 1. The Labute approximate surface area is 117 Å². The molecule has 1 saturated heterocycles. The molecule has 0 bridgehead atoms. The Morgan fingerprint density at radius 1 is 1.14 bits per heavy atom. The summed E-state index contributed by atoms with van der Waals surface area (Å²) in [5.74, 6) is -2.66. The number of aromatic nitrogens is 1. The third-order valence-corrected chi connectivity index (χ3v) is 3.09. The van der Waals surface area contributed by atoms with Crippen LogP contribution in [0.25, 0.3) is 0 Å². The number of rotatable bonds is 2. The van der Waals surface area contributed by atoms with E-state index in [9.17, 15) is 22.8 Å². The summed E-state index contributed by atoms with van der Waals surface area (Å²) >= 11 is 0. The summed E-state index contributed by atoms with van der Waals surface area (Å²) in [4.78, 5) is 28.2. The van der Waals surface area contributed by atoms with Crippen molar-refractivity contribution >= 4 is 17.7 Å². The molecule has 1 aromatic heterocycles. The molecule has 1 amide bonds. The van der Waals surface area contributed by atoms with Crippen molar-refractivity contribution in [1.82, 2.24) is 9.88 Å². The summed E-state index contributed by atoms with van der Waals surface area (Å²) in [5, 5.41) is 8.85. The second-order valence-electron chi connectivity index (χ2n) is 4.46. The number of anilines is 1. The molecule has 0 aromatic carbocycles.